The van der Waals surface area contributed by atoms with Gasteiger partial charge in [0.2, 0.25) is 0 Å². The van der Waals surface area contributed by atoms with E-state index in [0.29, 0.717) is 5.41 Å². The molecule has 0 amide bonds. The van der Waals surface area contributed by atoms with Gasteiger partial charge in [-0.15, -0.1) is 0 Å². The molecule has 2 nitrogen and oxygen atoms in total. The number of rotatable bonds is 6. The van der Waals surface area contributed by atoms with E-state index in [2.05, 4.69) is 24.1 Å². The van der Waals surface area contributed by atoms with Gasteiger partial charge < -0.3 is 5.32 Å². The lowest BCUT2D eigenvalue weighted by Gasteiger charge is -2.47. The second-order valence-electron chi connectivity index (χ2n) is 8.04. The van der Waals surface area contributed by atoms with E-state index < -0.39 is 0 Å². The Kier molecular flexibility index (Phi) is 4.72. The molecule has 3 atom stereocenters. The third kappa shape index (κ3) is 3.57. The van der Waals surface area contributed by atoms with Crippen LogP contribution in [0.2, 0.25) is 0 Å². The molecule has 3 unspecified atom stereocenters. The molecular weight excluding hydrogens is 244 g/mol. The first-order valence-electron chi connectivity index (χ1n) is 9.18. The third-order valence-corrected chi connectivity index (χ3v) is 6.19. The van der Waals surface area contributed by atoms with Crippen molar-refractivity contribution in [3.8, 4) is 0 Å². The molecular formula is C18H34N2. The van der Waals surface area contributed by atoms with Crippen molar-refractivity contribution in [1.82, 2.24) is 10.2 Å². The summed E-state index contributed by atoms with van der Waals surface area (Å²) in [7, 11) is 0. The molecule has 1 N–H and O–H groups in total. The average molecular weight is 278 g/mol. The molecule has 0 aromatic rings. The molecule has 0 radical (unpaired) electrons. The van der Waals surface area contributed by atoms with Crippen LogP contribution in [-0.2, 0) is 0 Å². The van der Waals surface area contributed by atoms with Gasteiger partial charge in [-0.1, -0.05) is 26.7 Å². The van der Waals surface area contributed by atoms with Crippen LogP contribution in [0.25, 0.3) is 0 Å². The molecule has 0 aromatic heterocycles. The van der Waals surface area contributed by atoms with E-state index in [9.17, 15) is 0 Å². The van der Waals surface area contributed by atoms with Crippen molar-refractivity contribution in [2.75, 3.05) is 19.6 Å². The first-order chi connectivity index (χ1) is 9.70. The highest BCUT2D eigenvalue weighted by molar-refractivity contribution is 4.92. The smallest absolute Gasteiger partial charge is 0.0124 e. The Bertz CT molecular complexity index is 311. The summed E-state index contributed by atoms with van der Waals surface area (Å²) in [5, 5.41) is 3.78. The summed E-state index contributed by atoms with van der Waals surface area (Å²) in [4.78, 5) is 2.88. The van der Waals surface area contributed by atoms with Crippen molar-refractivity contribution in [2.24, 2.45) is 11.3 Å². The van der Waals surface area contributed by atoms with Crippen LogP contribution in [0, 0.1) is 11.3 Å². The van der Waals surface area contributed by atoms with Gasteiger partial charge >= 0.3 is 0 Å². The van der Waals surface area contributed by atoms with Crippen LogP contribution in [0.4, 0.5) is 0 Å². The van der Waals surface area contributed by atoms with E-state index in [1.165, 1.54) is 77.4 Å². The van der Waals surface area contributed by atoms with Crippen LogP contribution >= 0.6 is 0 Å². The summed E-state index contributed by atoms with van der Waals surface area (Å²) in [5.41, 5.74) is 0.474. The van der Waals surface area contributed by atoms with Crippen molar-refractivity contribution in [1.29, 1.82) is 0 Å². The Morgan fingerprint density at radius 2 is 1.80 bits per heavy atom. The van der Waals surface area contributed by atoms with Gasteiger partial charge in [-0.2, -0.15) is 0 Å². The monoisotopic (exact) mass is 278 g/mol. The van der Waals surface area contributed by atoms with Crippen molar-refractivity contribution < 1.29 is 0 Å². The zero-order valence-corrected chi connectivity index (χ0v) is 13.7. The standard InChI is InChI=1S/C18H34N2/c1-3-18(2,13-19-16-10-11-16)14-20-12-6-8-15-7-4-5-9-17(15)20/h15-17,19H,3-14H2,1-2H3. The number of hydrogen-bond acceptors (Lipinski definition) is 2. The van der Waals surface area contributed by atoms with E-state index in [1.54, 1.807) is 0 Å². The molecule has 1 saturated heterocycles. The van der Waals surface area contributed by atoms with Gasteiger partial charge in [0.05, 0.1) is 0 Å². The summed E-state index contributed by atoms with van der Waals surface area (Å²) >= 11 is 0. The second-order valence-corrected chi connectivity index (χ2v) is 8.04. The van der Waals surface area contributed by atoms with E-state index in [-0.39, 0.29) is 0 Å². The fourth-order valence-corrected chi connectivity index (χ4v) is 4.39. The van der Waals surface area contributed by atoms with E-state index in [1.807, 2.05) is 0 Å². The van der Waals surface area contributed by atoms with Gasteiger partial charge in [0.15, 0.2) is 0 Å². The predicted molar refractivity (Wildman–Crippen MR) is 86.0 cm³/mol. The van der Waals surface area contributed by atoms with Gasteiger partial charge in [0.1, 0.15) is 0 Å². The lowest BCUT2D eigenvalue weighted by molar-refractivity contribution is 0.0264. The van der Waals surface area contributed by atoms with Gasteiger partial charge in [0, 0.05) is 25.2 Å². The van der Waals surface area contributed by atoms with Crippen molar-refractivity contribution in [3.63, 3.8) is 0 Å². The van der Waals surface area contributed by atoms with Crippen molar-refractivity contribution in [3.05, 3.63) is 0 Å². The minimum Gasteiger partial charge on any atom is -0.313 e. The molecule has 3 rings (SSSR count). The number of nitrogens with one attached hydrogen (secondary N) is 1. The Hall–Kier alpha value is -0.0800. The summed E-state index contributed by atoms with van der Waals surface area (Å²) < 4.78 is 0. The van der Waals surface area contributed by atoms with Crippen LogP contribution in [0.3, 0.4) is 0 Å². The number of hydrogen-bond donors (Lipinski definition) is 1. The van der Waals surface area contributed by atoms with Gasteiger partial charge in [-0.05, 0) is 62.8 Å². The summed E-state index contributed by atoms with van der Waals surface area (Å²) in [5.74, 6) is 1.02. The Morgan fingerprint density at radius 3 is 2.55 bits per heavy atom. The topological polar surface area (TPSA) is 15.3 Å². The first kappa shape index (κ1) is 14.8. The molecule has 2 heteroatoms. The molecule has 2 saturated carbocycles. The normalized spacial score (nSPS) is 34.5. The highest BCUT2D eigenvalue weighted by atomic mass is 15.2. The zero-order chi connectivity index (χ0) is 14.0. The number of likely N-dealkylation sites (tertiary alicyclic amines) is 1. The van der Waals surface area contributed by atoms with E-state index in [0.717, 1.165) is 18.0 Å². The SMILES string of the molecule is CCC(C)(CNC1CC1)CN1CCCC2CCCCC21. The number of piperidine rings is 1. The van der Waals surface area contributed by atoms with Gasteiger partial charge in [-0.25, -0.2) is 0 Å². The van der Waals surface area contributed by atoms with Crippen LogP contribution in [0.15, 0.2) is 0 Å². The second kappa shape index (κ2) is 6.36. The molecule has 1 heterocycles. The Labute approximate surface area is 125 Å². The summed E-state index contributed by atoms with van der Waals surface area (Å²) in [6, 6.07) is 1.77. The molecule has 1 aliphatic heterocycles. The fourth-order valence-electron chi connectivity index (χ4n) is 4.39. The van der Waals surface area contributed by atoms with Crippen LogP contribution in [0.1, 0.15) is 71.6 Å². The quantitative estimate of drug-likeness (QED) is 0.795. The lowest BCUT2D eigenvalue weighted by Crippen LogP contribution is -2.52. The molecule has 116 valence electrons. The molecule has 0 spiro atoms. The number of fused-ring (bicyclic) bond motifs is 1. The Morgan fingerprint density at radius 1 is 1.05 bits per heavy atom. The highest BCUT2D eigenvalue weighted by Crippen LogP contribution is 2.37. The van der Waals surface area contributed by atoms with Gasteiger partial charge in [-0.3, -0.25) is 4.90 Å². The predicted octanol–water partition coefficient (Wildman–Crippen LogP) is 3.81. The van der Waals surface area contributed by atoms with Crippen molar-refractivity contribution >= 4 is 0 Å². The largest absolute Gasteiger partial charge is 0.313 e. The molecule has 3 fully saturated rings. The van der Waals surface area contributed by atoms with Gasteiger partial charge in [0.25, 0.3) is 0 Å². The summed E-state index contributed by atoms with van der Waals surface area (Å²) in [6.07, 6.45) is 13.0. The first-order valence-corrected chi connectivity index (χ1v) is 9.18. The maximum absolute atomic E-state index is 3.78. The van der Waals surface area contributed by atoms with Crippen LogP contribution < -0.4 is 5.32 Å². The average Bonchev–Trinajstić information content (AvgIpc) is 3.30. The maximum Gasteiger partial charge on any atom is 0.0124 e. The molecule has 20 heavy (non-hydrogen) atoms. The highest BCUT2D eigenvalue weighted by Gasteiger charge is 2.37. The third-order valence-electron chi connectivity index (χ3n) is 6.19. The minimum atomic E-state index is 0.474. The molecule has 0 bridgehead atoms. The zero-order valence-electron chi connectivity index (χ0n) is 13.7. The molecule has 2 aliphatic carbocycles. The minimum absolute atomic E-state index is 0.474. The number of nitrogens with zero attached hydrogens (tertiary/aromatic N) is 1. The fraction of sp³-hybridized carbons (Fsp3) is 1.00. The lowest BCUT2D eigenvalue weighted by atomic mass is 9.76. The maximum atomic E-state index is 3.78. The van der Waals surface area contributed by atoms with E-state index >= 15 is 0 Å². The van der Waals surface area contributed by atoms with Crippen LogP contribution in [0.5, 0.6) is 0 Å². The summed E-state index contributed by atoms with van der Waals surface area (Å²) in [6.45, 7) is 8.80. The van der Waals surface area contributed by atoms with Crippen LogP contribution in [-0.4, -0.2) is 36.6 Å². The molecule has 3 aliphatic rings. The Balaban J connectivity index is 1.57. The van der Waals surface area contributed by atoms with E-state index in [4.69, 9.17) is 0 Å². The molecule has 0 aromatic carbocycles. The van der Waals surface area contributed by atoms with Crippen molar-refractivity contribution in [2.45, 2.75) is 83.7 Å².